The van der Waals surface area contributed by atoms with Gasteiger partial charge in [0, 0.05) is 13.5 Å². The minimum Gasteiger partial charge on any atom is -0.334 e. The van der Waals surface area contributed by atoms with Crippen LogP contribution in [0.5, 0.6) is 0 Å². The number of amides is 2. The van der Waals surface area contributed by atoms with Gasteiger partial charge in [0.05, 0.1) is 17.8 Å². The van der Waals surface area contributed by atoms with Crippen molar-refractivity contribution in [1.29, 1.82) is 0 Å². The Morgan fingerprint density at radius 2 is 1.86 bits per heavy atom. The van der Waals surface area contributed by atoms with Crippen LogP contribution in [-0.2, 0) is 15.8 Å². The van der Waals surface area contributed by atoms with Crippen molar-refractivity contribution in [2.24, 2.45) is 0 Å². The summed E-state index contributed by atoms with van der Waals surface area (Å²) < 4.78 is 38.4. The average Bonchev–Trinajstić information content (AvgIpc) is 2.37. The van der Waals surface area contributed by atoms with Crippen molar-refractivity contribution in [2.45, 2.75) is 26.4 Å². The van der Waals surface area contributed by atoms with Crippen molar-refractivity contribution in [1.82, 2.24) is 4.90 Å². The van der Waals surface area contributed by atoms with Gasteiger partial charge in [-0.1, -0.05) is 19.1 Å². The van der Waals surface area contributed by atoms with Crippen LogP contribution in [0.15, 0.2) is 24.3 Å². The Labute approximate surface area is 120 Å². The van der Waals surface area contributed by atoms with Gasteiger partial charge in [-0.05, 0) is 18.6 Å². The lowest BCUT2D eigenvalue weighted by Gasteiger charge is -2.20. The molecule has 1 aromatic rings. The maximum atomic E-state index is 12.8. The number of carbonyl (C=O) groups excluding carboxylic acids is 2. The molecular weight excluding hydrogens is 285 g/mol. The van der Waals surface area contributed by atoms with Crippen molar-refractivity contribution >= 4 is 17.5 Å². The normalized spacial score (nSPS) is 11.1. The van der Waals surface area contributed by atoms with E-state index in [9.17, 15) is 22.8 Å². The Morgan fingerprint density at radius 3 is 2.38 bits per heavy atom. The predicted octanol–water partition coefficient (Wildman–Crippen LogP) is 2.90. The Morgan fingerprint density at radius 1 is 1.24 bits per heavy atom. The number of benzene rings is 1. The van der Waals surface area contributed by atoms with Crippen LogP contribution in [0.25, 0.3) is 0 Å². The first kappa shape index (κ1) is 17.0. The van der Waals surface area contributed by atoms with E-state index in [0.29, 0.717) is 13.0 Å². The van der Waals surface area contributed by atoms with Crippen LogP contribution in [-0.4, -0.2) is 29.8 Å². The van der Waals surface area contributed by atoms with Crippen molar-refractivity contribution in [3.05, 3.63) is 29.8 Å². The van der Waals surface area contributed by atoms with Gasteiger partial charge in [-0.25, -0.2) is 0 Å². The molecule has 0 spiro atoms. The molecule has 1 rings (SSSR count). The van der Waals surface area contributed by atoms with Crippen LogP contribution in [0.1, 0.15) is 25.8 Å². The summed E-state index contributed by atoms with van der Waals surface area (Å²) in [7, 11) is 0. The molecule has 0 radical (unpaired) electrons. The summed E-state index contributed by atoms with van der Waals surface area (Å²) in [6, 6.07) is 4.72. The van der Waals surface area contributed by atoms with Crippen LogP contribution in [0, 0.1) is 0 Å². The summed E-state index contributed by atoms with van der Waals surface area (Å²) in [6.07, 6.45) is -3.89. The van der Waals surface area contributed by atoms with Crippen LogP contribution < -0.4 is 5.32 Å². The minimum atomic E-state index is -4.55. The van der Waals surface area contributed by atoms with E-state index in [1.165, 1.54) is 30.0 Å². The Bertz CT molecular complexity index is 515. The third-order valence-electron chi connectivity index (χ3n) is 2.78. The standard InChI is InChI=1S/C14H17F3N2O2/c1-3-8-19(10(2)20)9-13(21)18-12-7-5-4-6-11(12)14(15,16)17/h4-7H,3,8-9H2,1-2H3,(H,18,21). The highest BCUT2D eigenvalue weighted by Crippen LogP contribution is 2.34. The van der Waals surface area contributed by atoms with E-state index in [-0.39, 0.29) is 18.1 Å². The van der Waals surface area contributed by atoms with Gasteiger partial charge in [0.15, 0.2) is 0 Å². The number of rotatable bonds is 5. The van der Waals surface area contributed by atoms with Crippen LogP contribution in [0.2, 0.25) is 0 Å². The Kier molecular flexibility index (Phi) is 5.75. The summed E-state index contributed by atoms with van der Waals surface area (Å²) >= 11 is 0. The maximum absolute atomic E-state index is 12.8. The molecule has 0 saturated heterocycles. The fraction of sp³-hybridized carbons (Fsp3) is 0.429. The summed E-state index contributed by atoms with van der Waals surface area (Å²) in [5, 5.41) is 2.21. The van der Waals surface area contributed by atoms with Gasteiger partial charge in [-0.3, -0.25) is 9.59 Å². The van der Waals surface area contributed by atoms with Gasteiger partial charge < -0.3 is 10.2 Å². The van der Waals surface area contributed by atoms with Gasteiger partial charge in [0.1, 0.15) is 0 Å². The molecule has 0 atom stereocenters. The van der Waals surface area contributed by atoms with Gasteiger partial charge in [-0.15, -0.1) is 0 Å². The molecule has 21 heavy (non-hydrogen) atoms. The van der Waals surface area contributed by atoms with E-state index in [0.717, 1.165) is 6.07 Å². The first-order chi connectivity index (χ1) is 9.75. The molecule has 0 aromatic heterocycles. The number of nitrogens with zero attached hydrogens (tertiary/aromatic N) is 1. The third-order valence-corrected chi connectivity index (χ3v) is 2.78. The van der Waals surface area contributed by atoms with E-state index in [1.807, 2.05) is 6.92 Å². The number of hydrogen-bond donors (Lipinski definition) is 1. The first-order valence-corrected chi connectivity index (χ1v) is 6.47. The van der Waals surface area contributed by atoms with E-state index >= 15 is 0 Å². The summed E-state index contributed by atoms with van der Waals surface area (Å²) in [5.74, 6) is -0.952. The number of halogens is 3. The van der Waals surface area contributed by atoms with Crippen molar-refractivity contribution in [3.63, 3.8) is 0 Å². The topological polar surface area (TPSA) is 49.4 Å². The first-order valence-electron chi connectivity index (χ1n) is 6.47. The second-order valence-electron chi connectivity index (χ2n) is 4.53. The molecule has 0 aliphatic heterocycles. The zero-order valence-corrected chi connectivity index (χ0v) is 11.8. The molecule has 0 heterocycles. The molecular formula is C14H17F3N2O2. The lowest BCUT2D eigenvalue weighted by molar-refractivity contribution is -0.137. The van der Waals surface area contributed by atoms with Crippen LogP contribution in [0.4, 0.5) is 18.9 Å². The Balaban J connectivity index is 2.82. The van der Waals surface area contributed by atoms with E-state index < -0.39 is 17.6 Å². The molecule has 0 aliphatic carbocycles. The highest BCUT2D eigenvalue weighted by atomic mass is 19.4. The van der Waals surface area contributed by atoms with Crippen molar-refractivity contribution < 1.29 is 22.8 Å². The number of anilines is 1. The molecule has 4 nitrogen and oxygen atoms in total. The van der Waals surface area contributed by atoms with Crippen LogP contribution in [0.3, 0.4) is 0 Å². The van der Waals surface area contributed by atoms with Gasteiger partial charge in [0.2, 0.25) is 11.8 Å². The summed E-state index contributed by atoms with van der Waals surface area (Å²) in [4.78, 5) is 24.4. The van der Waals surface area contributed by atoms with Crippen molar-refractivity contribution in [3.8, 4) is 0 Å². The second kappa shape index (κ2) is 7.10. The maximum Gasteiger partial charge on any atom is 0.418 e. The van der Waals surface area contributed by atoms with E-state index in [2.05, 4.69) is 5.32 Å². The number of hydrogen-bond acceptors (Lipinski definition) is 2. The lowest BCUT2D eigenvalue weighted by Crippen LogP contribution is -2.37. The molecule has 116 valence electrons. The van der Waals surface area contributed by atoms with Crippen LogP contribution >= 0.6 is 0 Å². The molecule has 1 aromatic carbocycles. The molecule has 0 unspecified atom stereocenters. The average molecular weight is 302 g/mol. The van der Waals surface area contributed by atoms with Gasteiger partial charge in [-0.2, -0.15) is 13.2 Å². The zero-order chi connectivity index (χ0) is 16.0. The van der Waals surface area contributed by atoms with E-state index in [4.69, 9.17) is 0 Å². The fourth-order valence-electron chi connectivity index (χ4n) is 1.82. The van der Waals surface area contributed by atoms with Crippen molar-refractivity contribution in [2.75, 3.05) is 18.4 Å². The van der Waals surface area contributed by atoms with Gasteiger partial charge in [0.25, 0.3) is 0 Å². The molecule has 0 fully saturated rings. The predicted molar refractivity (Wildman–Crippen MR) is 72.6 cm³/mol. The molecule has 0 bridgehead atoms. The van der Waals surface area contributed by atoms with E-state index in [1.54, 1.807) is 0 Å². The quantitative estimate of drug-likeness (QED) is 0.909. The zero-order valence-electron chi connectivity index (χ0n) is 11.8. The number of para-hydroxylation sites is 1. The molecule has 1 N–H and O–H groups in total. The SMILES string of the molecule is CCCN(CC(=O)Nc1ccccc1C(F)(F)F)C(C)=O. The molecule has 2 amide bonds. The third kappa shape index (κ3) is 5.09. The minimum absolute atomic E-state index is 0.268. The molecule has 7 heteroatoms. The Hall–Kier alpha value is -2.05. The monoisotopic (exact) mass is 302 g/mol. The number of carbonyl (C=O) groups is 2. The number of nitrogens with one attached hydrogen (secondary N) is 1. The largest absolute Gasteiger partial charge is 0.418 e. The summed E-state index contributed by atoms with van der Waals surface area (Å²) in [5.41, 5.74) is -1.22. The molecule has 0 aliphatic rings. The fourth-order valence-corrected chi connectivity index (χ4v) is 1.82. The highest BCUT2D eigenvalue weighted by Gasteiger charge is 2.33. The lowest BCUT2D eigenvalue weighted by atomic mass is 10.1. The smallest absolute Gasteiger partial charge is 0.334 e. The number of alkyl halides is 3. The van der Waals surface area contributed by atoms with Gasteiger partial charge >= 0.3 is 6.18 Å². The summed E-state index contributed by atoms with van der Waals surface area (Å²) in [6.45, 7) is 3.26. The highest BCUT2D eigenvalue weighted by molar-refractivity contribution is 5.95. The molecule has 0 saturated carbocycles. The second-order valence-corrected chi connectivity index (χ2v) is 4.53.